The second-order valence-corrected chi connectivity index (χ2v) is 7.54. The van der Waals surface area contributed by atoms with Crippen molar-refractivity contribution in [2.24, 2.45) is 5.10 Å². The van der Waals surface area contributed by atoms with Crippen LogP contribution in [0.15, 0.2) is 29.9 Å². The highest BCUT2D eigenvalue weighted by molar-refractivity contribution is 5.83. The molecule has 2 rings (SSSR count). The van der Waals surface area contributed by atoms with Gasteiger partial charge in [-0.1, -0.05) is 41.5 Å². The lowest BCUT2D eigenvalue weighted by Gasteiger charge is -2.26. The molecule has 0 amide bonds. The van der Waals surface area contributed by atoms with Gasteiger partial charge in [0.25, 0.3) is 0 Å². The lowest BCUT2D eigenvalue weighted by Crippen LogP contribution is -2.18. The third kappa shape index (κ3) is 3.53. The molecule has 0 bridgehead atoms. The molecule has 0 saturated carbocycles. The van der Waals surface area contributed by atoms with Crippen molar-refractivity contribution in [3.63, 3.8) is 0 Å². The first-order valence-corrected chi connectivity index (χ1v) is 7.36. The Morgan fingerprint density at radius 1 is 0.955 bits per heavy atom. The molecule has 118 valence electrons. The lowest BCUT2D eigenvalue weighted by atomic mass is 9.79. The summed E-state index contributed by atoms with van der Waals surface area (Å²) in [5.41, 5.74) is 2.71. The predicted octanol–water partition coefficient (Wildman–Crippen LogP) is 3.46. The fourth-order valence-electron chi connectivity index (χ4n) is 2.35. The topological polar surface area (TPSA) is 63.3 Å². The molecule has 1 aromatic heterocycles. The molecule has 1 heterocycles. The van der Waals surface area contributed by atoms with Gasteiger partial charge in [-0.15, -0.1) is 10.2 Å². The monoisotopic (exact) mass is 300 g/mol. The van der Waals surface area contributed by atoms with Crippen LogP contribution < -0.4 is 0 Å². The average Bonchev–Trinajstić information content (AvgIpc) is 2.87. The molecule has 1 aromatic carbocycles. The van der Waals surface area contributed by atoms with Crippen molar-refractivity contribution in [1.29, 1.82) is 0 Å². The maximum atomic E-state index is 10.4. The normalized spacial score (nSPS) is 13.0. The van der Waals surface area contributed by atoms with Gasteiger partial charge in [0.2, 0.25) is 0 Å². The second-order valence-electron chi connectivity index (χ2n) is 7.54. The molecule has 0 unspecified atom stereocenters. The van der Waals surface area contributed by atoms with Crippen molar-refractivity contribution in [1.82, 2.24) is 14.9 Å². The third-order valence-corrected chi connectivity index (χ3v) is 3.52. The highest BCUT2D eigenvalue weighted by atomic mass is 16.3. The number of phenols is 1. The summed E-state index contributed by atoms with van der Waals surface area (Å²) in [6.07, 6.45) is 4.87. The Kier molecular flexibility index (Phi) is 4.09. The van der Waals surface area contributed by atoms with Crippen molar-refractivity contribution >= 4 is 6.21 Å². The molecule has 0 fully saturated rings. The smallest absolute Gasteiger partial charge is 0.141 e. The fourth-order valence-corrected chi connectivity index (χ4v) is 2.35. The molecule has 0 aliphatic heterocycles. The first-order chi connectivity index (χ1) is 10.1. The Balaban J connectivity index is 2.57. The van der Waals surface area contributed by atoms with Crippen LogP contribution in [0.25, 0.3) is 0 Å². The summed E-state index contributed by atoms with van der Waals surface area (Å²) in [6.45, 7) is 12.6. The fraction of sp³-hybridized carbons (Fsp3) is 0.471. The number of benzene rings is 1. The van der Waals surface area contributed by atoms with E-state index in [4.69, 9.17) is 0 Å². The van der Waals surface area contributed by atoms with Crippen molar-refractivity contribution in [2.45, 2.75) is 52.4 Å². The molecule has 5 nitrogen and oxygen atoms in total. The van der Waals surface area contributed by atoms with Crippen molar-refractivity contribution in [3.05, 3.63) is 41.5 Å². The predicted molar refractivity (Wildman–Crippen MR) is 88.5 cm³/mol. The van der Waals surface area contributed by atoms with Gasteiger partial charge >= 0.3 is 0 Å². The van der Waals surface area contributed by atoms with Crippen molar-refractivity contribution in [2.75, 3.05) is 0 Å². The zero-order chi connectivity index (χ0) is 16.5. The van der Waals surface area contributed by atoms with Crippen LogP contribution in [0.4, 0.5) is 0 Å². The zero-order valence-corrected chi connectivity index (χ0v) is 14.1. The molecule has 0 atom stereocenters. The molecule has 0 radical (unpaired) electrons. The maximum Gasteiger partial charge on any atom is 0.141 e. The summed E-state index contributed by atoms with van der Waals surface area (Å²) in [6, 6.07) is 3.87. The first kappa shape index (κ1) is 16.2. The van der Waals surface area contributed by atoms with Gasteiger partial charge in [-0.3, -0.25) is 0 Å². The van der Waals surface area contributed by atoms with Gasteiger partial charge in [0.1, 0.15) is 18.4 Å². The summed E-state index contributed by atoms with van der Waals surface area (Å²) < 4.78 is 1.55. The van der Waals surface area contributed by atoms with E-state index in [0.717, 1.165) is 16.7 Å². The minimum Gasteiger partial charge on any atom is -0.508 e. The van der Waals surface area contributed by atoms with E-state index in [9.17, 15) is 5.11 Å². The minimum atomic E-state index is -0.139. The molecule has 22 heavy (non-hydrogen) atoms. The Hall–Kier alpha value is -2.17. The van der Waals surface area contributed by atoms with E-state index in [1.807, 2.05) is 12.1 Å². The summed E-state index contributed by atoms with van der Waals surface area (Å²) >= 11 is 0. The standard InChI is InChI=1S/C17H24N4O/c1-16(2,3)13-8-15(22)14(17(4,5)6)7-12(13)9-20-21-10-18-19-11-21/h7-11,22H,1-6H3/b20-9+. The van der Waals surface area contributed by atoms with Crippen LogP contribution in [0.3, 0.4) is 0 Å². The maximum absolute atomic E-state index is 10.4. The van der Waals surface area contributed by atoms with E-state index in [0.29, 0.717) is 5.75 Å². The Morgan fingerprint density at radius 2 is 1.50 bits per heavy atom. The van der Waals surface area contributed by atoms with Crippen LogP contribution >= 0.6 is 0 Å². The summed E-state index contributed by atoms with van der Waals surface area (Å²) in [4.78, 5) is 0. The molecule has 2 aromatic rings. The van der Waals surface area contributed by atoms with Crippen LogP contribution in [0, 0.1) is 0 Å². The number of hydrogen-bond acceptors (Lipinski definition) is 4. The Morgan fingerprint density at radius 3 is 2.00 bits per heavy atom. The van der Waals surface area contributed by atoms with E-state index in [1.165, 1.54) is 0 Å². The number of nitrogens with zero attached hydrogens (tertiary/aromatic N) is 4. The third-order valence-electron chi connectivity index (χ3n) is 3.52. The highest BCUT2D eigenvalue weighted by Gasteiger charge is 2.24. The van der Waals surface area contributed by atoms with Gasteiger partial charge in [-0.2, -0.15) is 5.10 Å². The van der Waals surface area contributed by atoms with E-state index in [1.54, 1.807) is 23.5 Å². The lowest BCUT2D eigenvalue weighted by molar-refractivity contribution is 0.443. The van der Waals surface area contributed by atoms with Crippen molar-refractivity contribution < 1.29 is 5.11 Å². The quantitative estimate of drug-likeness (QED) is 0.864. The van der Waals surface area contributed by atoms with Gasteiger partial charge in [0.15, 0.2) is 0 Å². The molecule has 0 saturated heterocycles. The Bertz CT molecular complexity index is 674. The molecule has 5 heteroatoms. The summed E-state index contributed by atoms with van der Waals surface area (Å²) in [5.74, 6) is 0.332. The molecule has 0 aliphatic rings. The second kappa shape index (κ2) is 5.55. The van der Waals surface area contributed by atoms with Gasteiger partial charge in [-0.05, 0) is 39.7 Å². The van der Waals surface area contributed by atoms with Gasteiger partial charge in [0.05, 0.1) is 6.21 Å². The zero-order valence-electron chi connectivity index (χ0n) is 14.1. The van der Waals surface area contributed by atoms with Crippen LogP contribution in [-0.4, -0.2) is 26.2 Å². The van der Waals surface area contributed by atoms with Gasteiger partial charge in [0, 0.05) is 0 Å². The number of aromatic nitrogens is 3. The number of hydrogen-bond donors (Lipinski definition) is 1. The summed E-state index contributed by atoms with van der Waals surface area (Å²) in [7, 11) is 0. The highest BCUT2D eigenvalue weighted by Crippen LogP contribution is 2.36. The van der Waals surface area contributed by atoms with Crippen LogP contribution in [0.1, 0.15) is 58.2 Å². The largest absolute Gasteiger partial charge is 0.508 e. The molecule has 1 N–H and O–H groups in total. The number of aromatic hydroxyl groups is 1. The number of rotatable bonds is 2. The molecule has 0 spiro atoms. The van der Waals surface area contributed by atoms with Gasteiger partial charge < -0.3 is 5.11 Å². The van der Waals surface area contributed by atoms with Gasteiger partial charge in [-0.25, -0.2) is 4.68 Å². The number of phenolic OH excluding ortho intramolecular Hbond substituents is 1. The molecular formula is C17H24N4O. The Labute approximate surface area is 131 Å². The van der Waals surface area contributed by atoms with E-state index < -0.39 is 0 Å². The van der Waals surface area contributed by atoms with Crippen LogP contribution in [0.2, 0.25) is 0 Å². The SMILES string of the molecule is CC(C)(C)c1cc(/C=N/n2cnnc2)c(C(C)(C)C)cc1O. The van der Waals surface area contributed by atoms with E-state index >= 15 is 0 Å². The average molecular weight is 300 g/mol. The molecule has 0 aliphatic carbocycles. The van der Waals surface area contributed by atoms with Crippen LogP contribution in [-0.2, 0) is 10.8 Å². The van der Waals surface area contributed by atoms with Crippen molar-refractivity contribution in [3.8, 4) is 5.75 Å². The van der Waals surface area contributed by atoms with E-state index in [-0.39, 0.29) is 10.8 Å². The molecular weight excluding hydrogens is 276 g/mol. The van der Waals surface area contributed by atoms with E-state index in [2.05, 4.69) is 56.8 Å². The first-order valence-electron chi connectivity index (χ1n) is 7.36. The van der Waals surface area contributed by atoms with Crippen LogP contribution in [0.5, 0.6) is 5.75 Å². The summed E-state index contributed by atoms with van der Waals surface area (Å²) in [5, 5.41) is 22.2. The minimum absolute atomic E-state index is 0.0948.